The van der Waals surface area contributed by atoms with Crippen molar-refractivity contribution in [2.45, 2.75) is 18.1 Å². The zero-order chi connectivity index (χ0) is 26.1. The van der Waals surface area contributed by atoms with E-state index in [1.165, 1.54) is 0 Å². The number of rotatable bonds is 6. The molecule has 1 fully saturated rings. The molecule has 0 saturated carbocycles. The first kappa shape index (κ1) is 24.8. The fourth-order valence-corrected chi connectivity index (χ4v) is 7.27. The number of ether oxygens (including phenoxy) is 1. The molecule has 2 aliphatic rings. The van der Waals surface area contributed by atoms with Crippen molar-refractivity contribution in [2.75, 3.05) is 37.4 Å². The Bertz CT molecular complexity index is 1430. The van der Waals surface area contributed by atoms with Crippen LogP contribution in [0.2, 0.25) is 0 Å². The number of carbonyl (C=O) groups excluding carboxylic acids is 2. The minimum Gasteiger partial charge on any atom is -0.497 e. The molecule has 0 N–H and O–H groups in total. The number of hydrogen-bond donors (Lipinski definition) is 0. The molecule has 1 saturated heterocycles. The molecule has 1 unspecified atom stereocenters. The fraction of sp³-hybridized carbons (Fsp3) is 0.276. The molecule has 0 spiro atoms. The number of anilines is 1. The lowest BCUT2D eigenvalue weighted by atomic mass is 10.0. The first-order valence-corrected chi connectivity index (χ1v) is 14.6. The second-order valence-electron chi connectivity index (χ2n) is 9.34. The molecule has 38 heavy (non-hydrogen) atoms. The van der Waals surface area contributed by atoms with E-state index >= 15 is 0 Å². The summed E-state index contributed by atoms with van der Waals surface area (Å²) in [4.78, 5) is 31.8. The molecule has 4 heterocycles. The number of hydrogen-bond acceptors (Lipinski definition) is 6. The summed E-state index contributed by atoms with van der Waals surface area (Å²) >= 11 is 3.27. The molecule has 9 heteroatoms. The molecule has 2 aromatic heterocycles. The number of fused-ring (bicyclic) bond motifs is 1. The number of likely N-dealkylation sites (tertiary alicyclic amines) is 1. The van der Waals surface area contributed by atoms with Crippen LogP contribution < -0.4 is 9.64 Å². The van der Waals surface area contributed by atoms with Gasteiger partial charge in [0.05, 0.1) is 29.5 Å². The molecular weight excluding hydrogens is 516 g/mol. The quantitative estimate of drug-likeness (QED) is 0.325. The van der Waals surface area contributed by atoms with Gasteiger partial charge in [0.1, 0.15) is 18.1 Å². The summed E-state index contributed by atoms with van der Waals surface area (Å²) in [5.41, 5.74) is 3.54. The van der Waals surface area contributed by atoms with Crippen molar-refractivity contribution in [1.82, 2.24) is 14.7 Å². The van der Waals surface area contributed by atoms with Crippen LogP contribution in [0.4, 0.5) is 5.82 Å². The van der Waals surface area contributed by atoms with Crippen molar-refractivity contribution in [1.29, 1.82) is 0 Å². The molecule has 194 valence electrons. The predicted molar refractivity (Wildman–Crippen MR) is 152 cm³/mol. The Labute approximate surface area is 230 Å². The largest absolute Gasteiger partial charge is 0.497 e. The predicted octanol–water partition coefficient (Wildman–Crippen LogP) is 5.40. The summed E-state index contributed by atoms with van der Waals surface area (Å²) in [6.45, 7) is 1.49. The molecule has 2 aliphatic heterocycles. The molecule has 1 atom stereocenters. The molecule has 0 aliphatic carbocycles. The van der Waals surface area contributed by atoms with Crippen molar-refractivity contribution in [2.24, 2.45) is 0 Å². The highest BCUT2D eigenvalue weighted by Crippen LogP contribution is 2.49. The summed E-state index contributed by atoms with van der Waals surface area (Å²) in [7, 11) is 1.63. The van der Waals surface area contributed by atoms with Gasteiger partial charge in [-0.25, -0.2) is 4.68 Å². The highest BCUT2D eigenvalue weighted by molar-refractivity contribution is 8.00. The topological polar surface area (TPSA) is 67.7 Å². The van der Waals surface area contributed by atoms with E-state index < -0.39 is 0 Å². The number of methoxy groups -OCH3 is 1. The average molecular weight is 545 g/mol. The van der Waals surface area contributed by atoms with Crippen molar-refractivity contribution in [3.05, 3.63) is 82.6 Å². The van der Waals surface area contributed by atoms with Crippen LogP contribution >= 0.6 is 23.1 Å². The Morgan fingerprint density at radius 3 is 2.47 bits per heavy atom. The summed E-state index contributed by atoms with van der Waals surface area (Å²) in [5.74, 6) is 1.57. The monoisotopic (exact) mass is 544 g/mol. The Morgan fingerprint density at radius 2 is 1.79 bits per heavy atom. The van der Waals surface area contributed by atoms with E-state index in [2.05, 4.69) is 11.4 Å². The summed E-state index contributed by atoms with van der Waals surface area (Å²) in [6, 6.07) is 21.9. The number of aromatic nitrogens is 2. The summed E-state index contributed by atoms with van der Waals surface area (Å²) in [5, 5.41) is 7.10. The van der Waals surface area contributed by atoms with Gasteiger partial charge in [0.25, 0.3) is 0 Å². The van der Waals surface area contributed by atoms with E-state index in [9.17, 15) is 9.59 Å². The summed E-state index contributed by atoms with van der Waals surface area (Å²) < 4.78 is 7.21. The first-order valence-electron chi connectivity index (χ1n) is 12.7. The number of amides is 2. The zero-order valence-electron chi connectivity index (χ0n) is 21.1. The van der Waals surface area contributed by atoms with Crippen LogP contribution in [0.5, 0.6) is 5.75 Å². The smallest absolute Gasteiger partial charge is 0.242 e. The summed E-state index contributed by atoms with van der Waals surface area (Å²) in [6.07, 6.45) is 2.01. The molecule has 2 amide bonds. The van der Waals surface area contributed by atoms with Gasteiger partial charge in [-0.3, -0.25) is 14.5 Å². The van der Waals surface area contributed by atoms with Gasteiger partial charge in [0.15, 0.2) is 0 Å². The maximum absolute atomic E-state index is 13.7. The van der Waals surface area contributed by atoms with Gasteiger partial charge < -0.3 is 9.64 Å². The lowest BCUT2D eigenvalue weighted by molar-refractivity contribution is -0.130. The SMILES string of the molecule is COc1ccc(-n2nc(-c3ccccc3)c3c2N(CC(=O)N2CCCC2)C(=O)CSC3c2cccs2)cc1. The van der Waals surface area contributed by atoms with E-state index in [-0.39, 0.29) is 29.4 Å². The van der Waals surface area contributed by atoms with Crippen molar-refractivity contribution in [3.63, 3.8) is 0 Å². The highest BCUT2D eigenvalue weighted by Gasteiger charge is 2.38. The maximum atomic E-state index is 13.7. The molecule has 6 rings (SSSR count). The van der Waals surface area contributed by atoms with Crippen LogP contribution in [0.1, 0.15) is 28.5 Å². The van der Waals surface area contributed by atoms with Gasteiger partial charge >= 0.3 is 0 Å². The molecule has 4 aromatic rings. The number of thiophene rings is 1. The third-order valence-electron chi connectivity index (χ3n) is 7.01. The minimum absolute atomic E-state index is 0.000366. The van der Waals surface area contributed by atoms with Crippen molar-refractivity contribution >= 4 is 40.7 Å². The van der Waals surface area contributed by atoms with Crippen molar-refractivity contribution < 1.29 is 14.3 Å². The van der Waals surface area contributed by atoms with Crippen LogP contribution in [0, 0.1) is 0 Å². The second kappa shape index (κ2) is 10.7. The van der Waals surface area contributed by atoms with Gasteiger partial charge in [-0.15, -0.1) is 23.1 Å². The molecule has 7 nitrogen and oxygen atoms in total. The number of benzene rings is 2. The van der Waals surface area contributed by atoms with E-state index in [4.69, 9.17) is 9.84 Å². The van der Waals surface area contributed by atoms with Crippen LogP contribution in [0.3, 0.4) is 0 Å². The van der Waals surface area contributed by atoms with E-state index in [0.29, 0.717) is 5.82 Å². The number of thioether (sulfide) groups is 1. The molecule has 0 radical (unpaired) electrons. The average Bonchev–Trinajstić information content (AvgIpc) is 3.73. The Hall–Kier alpha value is -3.56. The normalized spacial score (nSPS) is 17.4. The highest BCUT2D eigenvalue weighted by atomic mass is 32.2. The van der Waals surface area contributed by atoms with Crippen LogP contribution in [-0.2, 0) is 9.59 Å². The molecule has 2 aromatic carbocycles. The fourth-order valence-electron chi connectivity index (χ4n) is 5.10. The number of carbonyl (C=O) groups is 2. The Balaban J connectivity index is 1.58. The van der Waals surface area contributed by atoms with E-state index in [0.717, 1.165) is 59.1 Å². The van der Waals surface area contributed by atoms with Gasteiger partial charge in [-0.1, -0.05) is 36.4 Å². The van der Waals surface area contributed by atoms with Crippen molar-refractivity contribution in [3.8, 4) is 22.7 Å². The van der Waals surface area contributed by atoms with Crippen LogP contribution in [-0.4, -0.2) is 59.0 Å². The molecular formula is C29H28N4O3S2. The van der Waals surface area contributed by atoms with E-state index in [1.54, 1.807) is 35.1 Å². The lowest BCUT2D eigenvalue weighted by Gasteiger charge is -2.25. The van der Waals surface area contributed by atoms with Gasteiger partial charge in [-0.2, -0.15) is 5.10 Å². The zero-order valence-corrected chi connectivity index (χ0v) is 22.7. The lowest BCUT2D eigenvalue weighted by Crippen LogP contribution is -2.43. The van der Waals surface area contributed by atoms with E-state index in [1.807, 2.05) is 70.2 Å². The first-order chi connectivity index (χ1) is 18.6. The standard InChI is InChI=1S/C29H28N4O3S2/c1-36-22-13-11-21(12-14-22)33-29-26(27(30-33)20-8-3-2-4-9-20)28(23-10-7-17-37-23)38-19-25(35)32(29)18-24(34)31-15-5-6-16-31/h2-4,7-14,17,28H,5-6,15-16,18-19H2,1H3. The minimum atomic E-state index is -0.0944. The molecule has 0 bridgehead atoms. The van der Waals surface area contributed by atoms with Gasteiger partial charge in [-0.05, 0) is 48.6 Å². The van der Waals surface area contributed by atoms with Gasteiger partial charge in [0.2, 0.25) is 11.8 Å². The third kappa shape index (κ3) is 4.61. The Kier molecular flexibility index (Phi) is 6.95. The van der Waals surface area contributed by atoms with Gasteiger partial charge in [0, 0.05) is 29.1 Å². The van der Waals surface area contributed by atoms with Crippen LogP contribution in [0.15, 0.2) is 72.1 Å². The second-order valence-corrected chi connectivity index (χ2v) is 11.4. The Morgan fingerprint density at radius 1 is 1.03 bits per heavy atom. The third-order valence-corrected chi connectivity index (χ3v) is 9.33. The number of nitrogens with zero attached hydrogens (tertiary/aromatic N) is 4. The van der Waals surface area contributed by atoms with Crippen LogP contribution in [0.25, 0.3) is 16.9 Å². The maximum Gasteiger partial charge on any atom is 0.242 e.